The van der Waals surface area contributed by atoms with Crippen molar-refractivity contribution in [3.63, 3.8) is 0 Å². The van der Waals surface area contributed by atoms with E-state index in [4.69, 9.17) is 4.74 Å². The van der Waals surface area contributed by atoms with Crippen molar-refractivity contribution in [2.24, 2.45) is 5.10 Å². The van der Waals surface area contributed by atoms with Gasteiger partial charge < -0.3 is 10.1 Å². The minimum Gasteiger partial charge on any atom is -0.489 e. The average molecular weight is 496 g/mol. The first-order valence-electron chi connectivity index (χ1n) is 11.8. The van der Waals surface area contributed by atoms with E-state index in [1.54, 1.807) is 60.7 Å². The summed E-state index contributed by atoms with van der Waals surface area (Å²) in [6.07, 6.45) is 1.54. The van der Waals surface area contributed by atoms with Gasteiger partial charge in [0.2, 0.25) is 5.91 Å². The molecule has 0 saturated carbocycles. The number of carbonyl (C=O) groups excluding carboxylic acids is 2. The Morgan fingerprint density at radius 3 is 2.27 bits per heavy atom. The van der Waals surface area contributed by atoms with E-state index in [0.717, 1.165) is 16.7 Å². The lowest BCUT2D eigenvalue weighted by molar-refractivity contribution is -0.121. The number of nitrogens with one attached hydrogen (secondary N) is 2. The van der Waals surface area contributed by atoms with Gasteiger partial charge in [0.05, 0.1) is 18.7 Å². The number of halogens is 1. The molecule has 37 heavy (non-hydrogen) atoms. The number of hydrogen-bond donors (Lipinski definition) is 2. The molecule has 0 spiro atoms. The molecule has 0 radical (unpaired) electrons. The van der Waals surface area contributed by atoms with Crippen molar-refractivity contribution >= 4 is 18.0 Å². The molecule has 1 atom stereocenters. The Morgan fingerprint density at radius 1 is 0.865 bits per heavy atom. The van der Waals surface area contributed by atoms with Crippen molar-refractivity contribution in [2.45, 2.75) is 19.1 Å². The van der Waals surface area contributed by atoms with Crippen LogP contribution in [0.1, 0.15) is 39.5 Å². The van der Waals surface area contributed by atoms with Gasteiger partial charge in [-0.05, 0) is 65.2 Å². The average Bonchev–Trinajstić information content (AvgIpc) is 2.93. The van der Waals surface area contributed by atoms with Gasteiger partial charge in [0, 0.05) is 5.56 Å². The summed E-state index contributed by atoms with van der Waals surface area (Å²) < 4.78 is 19.0. The number of hydrogen-bond acceptors (Lipinski definition) is 4. The van der Waals surface area contributed by atoms with Gasteiger partial charge in [0.1, 0.15) is 18.2 Å². The Labute approximate surface area is 214 Å². The van der Waals surface area contributed by atoms with Crippen molar-refractivity contribution < 1.29 is 18.7 Å². The van der Waals surface area contributed by atoms with E-state index in [1.165, 1.54) is 18.3 Å². The Bertz CT molecular complexity index is 1340. The molecule has 2 N–H and O–H groups in total. The Morgan fingerprint density at radius 2 is 1.57 bits per heavy atom. The molecule has 0 saturated heterocycles. The zero-order valence-electron chi connectivity index (χ0n) is 20.0. The monoisotopic (exact) mass is 495 g/mol. The summed E-state index contributed by atoms with van der Waals surface area (Å²) in [5.74, 6) is -0.271. The summed E-state index contributed by atoms with van der Waals surface area (Å²) in [5, 5.41) is 6.97. The topological polar surface area (TPSA) is 79.8 Å². The molecule has 4 rings (SSSR count). The van der Waals surface area contributed by atoms with Gasteiger partial charge in [-0.1, -0.05) is 60.7 Å². The molecule has 2 amide bonds. The molecule has 0 bridgehead atoms. The van der Waals surface area contributed by atoms with E-state index in [2.05, 4.69) is 15.8 Å². The fourth-order valence-electron chi connectivity index (χ4n) is 3.62. The van der Waals surface area contributed by atoms with Crippen LogP contribution in [0.15, 0.2) is 114 Å². The maximum absolute atomic E-state index is 13.3. The van der Waals surface area contributed by atoms with Gasteiger partial charge in [-0.2, -0.15) is 5.10 Å². The Hall–Kier alpha value is -4.78. The predicted molar refractivity (Wildman–Crippen MR) is 141 cm³/mol. The molecule has 7 heteroatoms. The van der Waals surface area contributed by atoms with E-state index in [-0.39, 0.29) is 30.7 Å². The smallest absolute Gasteiger partial charge is 0.251 e. The second-order valence-corrected chi connectivity index (χ2v) is 8.29. The molecule has 4 aromatic carbocycles. The zero-order valence-corrected chi connectivity index (χ0v) is 20.0. The molecule has 6 nitrogen and oxygen atoms in total. The van der Waals surface area contributed by atoms with Crippen LogP contribution in [0.5, 0.6) is 5.75 Å². The first kappa shape index (κ1) is 25.3. The summed E-state index contributed by atoms with van der Waals surface area (Å²) in [6, 6.07) is 31.1. The van der Waals surface area contributed by atoms with Gasteiger partial charge in [-0.3, -0.25) is 9.59 Å². The van der Waals surface area contributed by atoms with Crippen molar-refractivity contribution in [1.29, 1.82) is 0 Å². The third-order valence-corrected chi connectivity index (χ3v) is 5.51. The molecule has 0 unspecified atom stereocenters. The van der Waals surface area contributed by atoms with Crippen LogP contribution in [0.25, 0.3) is 0 Å². The number of amides is 2. The lowest BCUT2D eigenvalue weighted by Crippen LogP contribution is -2.32. The second-order valence-electron chi connectivity index (χ2n) is 8.29. The van der Waals surface area contributed by atoms with E-state index in [1.807, 2.05) is 36.4 Å². The van der Waals surface area contributed by atoms with Crippen molar-refractivity contribution in [3.8, 4) is 5.75 Å². The van der Waals surface area contributed by atoms with E-state index >= 15 is 0 Å². The molecule has 0 heterocycles. The number of hydrazone groups is 1. The number of rotatable bonds is 10. The van der Waals surface area contributed by atoms with Crippen molar-refractivity contribution in [3.05, 3.63) is 137 Å². The van der Waals surface area contributed by atoms with Crippen LogP contribution in [0.3, 0.4) is 0 Å². The normalized spacial score (nSPS) is 11.6. The molecule has 0 aliphatic carbocycles. The summed E-state index contributed by atoms with van der Waals surface area (Å²) in [7, 11) is 0. The van der Waals surface area contributed by atoms with Crippen LogP contribution < -0.4 is 15.5 Å². The molecular weight excluding hydrogens is 469 g/mol. The maximum Gasteiger partial charge on any atom is 0.251 e. The highest BCUT2D eigenvalue weighted by Crippen LogP contribution is 2.18. The van der Waals surface area contributed by atoms with Crippen molar-refractivity contribution in [1.82, 2.24) is 10.7 Å². The Balaban J connectivity index is 1.31. The van der Waals surface area contributed by atoms with Crippen LogP contribution in [-0.2, 0) is 11.4 Å². The molecule has 0 aliphatic heterocycles. The number of benzene rings is 4. The van der Waals surface area contributed by atoms with E-state index < -0.39 is 6.04 Å². The van der Waals surface area contributed by atoms with Gasteiger partial charge >= 0.3 is 0 Å². The van der Waals surface area contributed by atoms with Gasteiger partial charge in [-0.15, -0.1) is 0 Å². The highest BCUT2D eigenvalue weighted by Gasteiger charge is 2.19. The number of carbonyl (C=O) groups is 2. The standard InChI is InChI=1S/C30H26FN3O3/c31-26-13-7-8-23(18-26)21-37-27-16-14-22(15-17-27)20-32-34-29(35)19-28(24-9-3-1-4-10-24)33-30(36)25-11-5-2-6-12-25/h1-18,20,28H,19,21H2,(H,33,36)(H,34,35)/b32-20-/t28-/m0/s1. The number of ether oxygens (including phenoxy) is 1. The van der Waals surface area contributed by atoms with Gasteiger partial charge in [-0.25, -0.2) is 9.82 Å². The van der Waals surface area contributed by atoms with Gasteiger partial charge in [0.15, 0.2) is 0 Å². The zero-order chi connectivity index (χ0) is 25.9. The second kappa shape index (κ2) is 12.8. The van der Waals surface area contributed by atoms with Crippen LogP contribution >= 0.6 is 0 Å². The van der Waals surface area contributed by atoms with E-state index in [0.29, 0.717) is 11.3 Å². The van der Waals surface area contributed by atoms with Crippen molar-refractivity contribution in [2.75, 3.05) is 0 Å². The first-order valence-corrected chi connectivity index (χ1v) is 11.8. The van der Waals surface area contributed by atoms with E-state index in [9.17, 15) is 14.0 Å². The predicted octanol–water partition coefficient (Wildman–Crippen LogP) is 5.42. The van der Waals surface area contributed by atoms with Crippen LogP contribution in [-0.4, -0.2) is 18.0 Å². The number of nitrogens with zero attached hydrogens (tertiary/aromatic N) is 1. The Kier molecular flexibility index (Phi) is 8.75. The minimum atomic E-state index is -0.515. The summed E-state index contributed by atoms with van der Waals surface area (Å²) in [5.41, 5.74) is 5.36. The minimum absolute atomic E-state index is 0.0206. The molecule has 0 aromatic heterocycles. The van der Waals surface area contributed by atoms with Crippen LogP contribution in [0.2, 0.25) is 0 Å². The summed E-state index contributed by atoms with van der Waals surface area (Å²) in [4.78, 5) is 25.3. The first-order chi connectivity index (χ1) is 18.1. The fraction of sp³-hybridized carbons (Fsp3) is 0.100. The molecular formula is C30H26FN3O3. The highest BCUT2D eigenvalue weighted by molar-refractivity contribution is 5.94. The van der Waals surface area contributed by atoms with Crippen LogP contribution in [0, 0.1) is 5.82 Å². The lowest BCUT2D eigenvalue weighted by Gasteiger charge is -2.18. The lowest BCUT2D eigenvalue weighted by atomic mass is 10.0. The highest BCUT2D eigenvalue weighted by atomic mass is 19.1. The molecule has 4 aromatic rings. The quantitative estimate of drug-likeness (QED) is 0.228. The largest absolute Gasteiger partial charge is 0.489 e. The van der Waals surface area contributed by atoms with Gasteiger partial charge in [0.25, 0.3) is 5.91 Å². The molecule has 0 fully saturated rings. The summed E-state index contributed by atoms with van der Waals surface area (Å²) >= 11 is 0. The fourth-order valence-corrected chi connectivity index (χ4v) is 3.62. The molecule has 0 aliphatic rings. The third kappa shape index (κ3) is 7.86. The summed E-state index contributed by atoms with van der Waals surface area (Å²) in [6.45, 7) is 0.255. The van der Waals surface area contributed by atoms with Crippen LogP contribution in [0.4, 0.5) is 4.39 Å². The molecule has 186 valence electrons. The third-order valence-electron chi connectivity index (χ3n) is 5.51. The SMILES string of the molecule is O=C(C[C@H](NC(=O)c1ccccc1)c1ccccc1)N/N=C\c1ccc(OCc2cccc(F)c2)cc1. The maximum atomic E-state index is 13.3.